The van der Waals surface area contributed by atoms with Gasteiger partial charge in [-0.3, -0.25) is 9.59 Å². The molecule has 0 spiro atoms. The fourth-order valence-electron chi connectivity index (χ4n) is 2.69. The van der Waals surface area contributed by atoms with Crippen LogP contribution >= 0.6 is 12.2 Å². The highest BCUT2D eigenvalue weighted by molar-refractivity contribution is 7.80. The molecule has 1 unspecified atom stereocenters. The molecule has 2 N–H and O–H groups in total. The van der Waals surface area contributed by atoms with Gasteiger partial charge in [-0.2, -0.15) is 0 Å². The van der Waals surface area contributed by atoms with Crippen LogP contribution in [0.4, 0.5) is 0 Å². The molecule has 1 rings (SSSR count). The Hall–Kier alpha value is -0.970. The van der Waals surface area contributed by atoms with E-state index < -0.39 is 5.41 Å². The van der Waals surface area contributed by atoms with Gasteiger partial charge in [0.25, 0.3) is 0 Å². The van der Waals surface area contributed by atoms with E-state index in [1.54, 1.807) is 0 Å². The maximum Gasteiger partial charge on any atom is 0.242 e. The maximum atomic E-state index is 12.2. The van der Waals surface area contributed by atoms with Crippen LogP contribution < -0.4 is 10.6 Å². The number of thiocarbonyl (C=S) groups is 1. The Balaban J connectivity index is 3.11. The van der Waals surface area contributed by atoms with E-state index in [1.165, 1.54) is 0 Å². The summed E-state index contributed by atoms with van der Waals surface area (Å²) in [5.74, 6) is -0.413. The molecule has 0 saturated carbocycles. The Labute approximate surface area is 108 Å². The topological polar surface area (TPSA) is 58.2 Å². The van der Waals surface area contributed by atoms with E-state index in [9.17, 15) is 9.59 Å². The second kappa shape index (κ2) is 5.58. The lowest BCUT2D eigenvalue weighted by atomic mass is 9.68. The molecule has 0 aromatic rings. The van der Waals surface area contributed by atoms with Crippen molar-refractivity contribution >= 4 is 29.1 Å². The van der Waals surface area contributed by atoms with Crippen molar-refractivity contribution in [2.24, 2.45) is 11.3 Å². The van der Waals surface area contributed by atoms with Crippen molar-refractivity contribution in [1.82, 2.24) is 10.6 Å². The molecule has 96 valence electrons. The van der Waals surface area contributed by atoms with Gasteiger partial charge in [-0.15, -0.1) is 0 Å². The smallest absolute Gasteiger partial charge is 0.242 e. The number of rotatable bonds is 5. The number of hydrogen-bond donors (Lipinski definition) is 2. The fraction of sp³-hybridized carbons (Fsp3) is 0.750. The lowest BCUT2D eigenvalue weighted by molar-refractivity contribution is -0.148. The van der Waals surface area contributed by atoms with E-state index in [0.29, 0.717) is 6.42 Å². The first-order valence-electron chi connectivity index (χ1n) is 6.19. The van der Waals surface area contributed by atoms with Crippen molar-refractivity contribution < 1.29 is 9.59 Å². The first-order valence-corrected chi connectivity index (χ1v) is 6.60. The molecule has 1 saturated heterocycles. The normalized spacial score (nSPS) is 20.8. The zero-order chi connectivity index (χ0) is 13.1. The third kappa shape index (κ3) is 2.34. The van der Waals surface area contributed by atoms with Crippen LogP contribution in [0.5, 0.6) is 0 Å². The minimum Gasteiger partial charge on any atom is -0.302 e. The minimum absolute atomic E-state index is 0.0700. The molecular formula is C12H20N2O2S. The summed E-state index contributed by atoms with van der Waals surface area (Å²) in [5.41, 5.74) is -0.951. The quantitative estimate of drug-likeness (QED) is 0.582. The average molecular weight is 256 g/mol. The summed E-state index contributed by atoms with van der Waals surface area (Å²) in [6.45, 7) is 5.96. The number of hydrogen-bond acceptors (Lipinski definition) is 3. The van der Waals surface area contributed by atoms with Crippen LogP contribution in [0.25, 0.3) is 0 Å². The van der Waals surface area contributed by atoms with Crippen LogP contribution in [0.15, 0.2) is 0 Å². The van der Waals surface area contributed by atoms with Crippen LogP contribution in [0, 0.1) is 11.3 Å². The minimum atomic E-state index is -0.951. The Morgan fingerprint density at radius 3 is 2.06 bits per heavy atom. The summed E-state index contributed by atoms with van der Waals surface area (Å²) in [6.07, 6.45) is 3.16. The van der Waals surface area contributed by atoms with E-state index in [2.05, 4.69) is 17.6 Å². The molecular weight excluding hydrogens is 236 g/mol. The summed E-state index contributed by atoms with van der Waals surface area (Å²) in [6, 6.07) is 0. The number of carbonyl (C=O) groups is 2. The second-order valence-electron chi connectivity index (χ2n) is 4.46. The van der Waals surface area contributed by atoms with Crippen LogP contribution in [0.2, 0.25) is 0 Å². The van der Waals surface area contributed by atoms with Gasteiger partial charge < -0.3 is 10.6 Å². The zero-order valence-electron chi connectivity index (χ0n) is 10.6. The second-order valence-corrected chi connectivity index (χ2v) is 4.86. The molecule has 5 heteroatoms. The van der Waals surface area contributed by atoms with E-state index in [0.717, 1.165) is 19.3 Å². The molecule has 0 radical (unpaired) electrons. The van der Waals surface area contributed by atoms with Crippen LogP contribution in [-0.2, 0) is 9.59 Å². The van der Waals surface area contributed by atoms with Gasteiger partial charge in [0.2, 0.25) is 11.8 Å². The largest absolute Gasteiger partial charge is 0.302 e. The predicted molar refractivity (Wildman–Crippen MR) is 70.3 cm³/mol. The Morgan fingerprint density at radius 1 is 1.18 bits per heavy atom. The lowest BCUT2D eigenvalue weighted by Gasteiger charge is -2.40. The summed E-state index contributed by atoms with van der Waals surface area (Å²) in [4.78, 5) is 24.4. The number of carbonyl (C=O) groups excluding carboxylic acids is 2. The van der Waals surface area contributed by atoms with Crippen LogP contribution in [0.3, 0.4) is 0 Å². The van der Waals surface area contributed by atoms with Crippen molar-refractivity contribution in [2.75, 3.05) is 0 Å². The van der Waals surface area contributed by atoms with Crippen LogP contribution in [-0.4, -0.2) is 16.9 Å². The molecule has 1 atom stereocenters. The SMILES string of the molecule is CCCC(CC)C1(CC)C(=O)NC(=S)NC1=O. The molecule has 0 bridgehead atoms. The lowest BCUT2D eigenvalue weighted by Crippen LogP contribution is -2.64. The van der Waals surface area contributed by atoms with Gasteiger partial charge in [0.15, 0.2) is 5.11 Å². The van der Waals surface area contributed by atoms with Gasteiger partial charge in [-0.05, 0) is 31.0 Å². The predicted octanol–water partition coefficient (Wildman–Crippen LogP) is 1.74. The van der Waals surface area contributed by atoms with Crippen molar-refractivity contribution in [2.45, 2.75) is 46.5 Å². The molecule has 4 nitrogen and oxygen atoms in total. The molecule has 0 aromatic carbocycles. The third-order valence-corrected chi connectivity index (χ3v) is 3.85. The Morgan fingerprint density at radius 2 is 1.71 bits per heavy atom. The van der Waals surface area contributed by atoms with E-state index in [4.69, 9.17) is 12.2 Å². The molecule has 1 aliphatic heterocycles. The van der Waals surface area contributed by atoms with Gasteiger partial charge in [0, 0.05) is 0 Å². The number of nitrogens with one attached hydrogen (secondary N) is 2. The summed E-state index contributed by atoms with van der Waals surface area (Å²) >= 11 is 4.83. The molecule has 17 heavy (non-hydrogen) atoms. The van der Waals surface area contributed by atoms with Gasteiger partial charge in [-0.25, -0.2) is 0 Å². The highest BCUT2D eigenvalue weighted by Gasteiger charge is 2.52. The molecule has 0 aromatic heterocycles. The van der Waals surface area contributed by atoms with Crippen molar-refractivity contribution in [3.8, 4) is 0 Å². The van der Waals surface area contributed by atoms with Gasteiger partial charge in [0.05, 0.1) is 0 Å². The summed E-state index contributed by atoms with van der Waals surface area (Å²) in [7, 11) is 0. The van der Waals surface area contributed by atoms with Crippen molar-refractivity contribution in [1.29, 1.82) is 0 Å². The molecule has 1 fully saturated rings. The highest BCUT2D eigenvalue weighted by Crippen LogP contribution is 2.38. The monoisotopic (exact) mass is 256 g/mol. The van der Waals surface area contributed by atoms with E-state index in [1.807, 2.05) is 13.8 Å². The molecule has 1 aliphatic rings. The molecule has 2 amide bonds. The fourth-order valence-corrected chi connectivity index (χ4v) is 2.88. The van der Waals surface area contributed by atoms with E-state index in [-0.39, 0.29) is 22.8 Å². The van der Waals surface area contributed by atoms with Gasteiger partial charge in [-0.1, -0.05) is 33.6 Å². The van der Waals surface area contributed by atoms with Gasteiger partial charge in [0.1, 0.15) is 5.41 Å². The number of amides is 2. The van der Waals surface area contributed by atoms with Crippen molar-refractivity contribution in [3.63, 3.8) is 0 Å². The summed E-state index contributed by atoms with van der Waals surface area (Å²) in [5, 5.41) is 5.29. The standard InChI is InChI=1S/C12H20N2O2S/c1-4-7-8(5-2)12(6-3)9(15)13-11(17)14-10(12)16/h8H,4-7H2,1-3H3,(H2,13,14,15,16,17). The van der Waals surface area contributed by atoms with Crippen LogP contribution in [0.1, 0.15) is 46.5 Å². The average Bonchev–Trinajstić information content (AvgIpc) is 2.27. The first-order chi connectivity index (χ1) is 8.02. The van der Waals surface area contributed by atoms with Crippen molar-refractivity contribution in [3.05, 3.63) is 0 Å². The maximum absolute atomic E-state index is 12.2. The molecule has 1 heterocycles. The highest BCUT2D eigenvalue weighted by atomic mass is 32.1. The molecule has 0 aliphatic carbocycles. The third-order valence-electron chi connectivity index (χ3n) is 3.65. The first kappa shape index (κ1) is 14.1. The Bertz CT molecular complexity index is 321. The Kier molecular flexibility index (Phi) is 4.62. The zero-order valence-corrected chi connectivity index (χ0v) is 11.4. The summed E-state index contributed by atoms with van der Waals surface area (Å²) < 4.78 is 0. The van der Waals surface area contributed by atoms with E-state index >= 15 is 0 Å². The van der Waals surface area contributed by atoms with Gasteiger partial charge >= 0.3 is 0 Å².